The van der Waals surface area contributed by atoms with Crippen LogP contribution in [0.5, 0.6) is 0 Å². The highest BCUT2D eigenvalue weighted by molar-refractivity contribution is 5.31. The first-order valence-electron chi connectivity index (χ1n) is 7.64. The van der Waals surface area contributed by atoms with Crippen molar-refractivity contribution in [3.05, 3.63) is 35.4 Å². The fraction of sp³-hybridized carbons (Fsp3) is 0.647. The van der Waals surface area contributed by atoms with Crippen molar-refractivity contribution in [1.29, 1.82) is 0 Å². The second kappa shape index (κ2) is 8.66. The molecule has 132 valence electrons. The Morgan fingerprint density at radius 2 is 1.87 bits per heavy atom. The Morgan fingerprint density at radius 1 is 1.17 bits per heavy atom. The molecule has 0 aliphatic heterocycles. The van der Waals surface area contributed by atoms with Crippen LogP contribution in [0.1, 0.15) is 44.2 Å². The minimum Gasteiger partial charge on any atom is -0.382 e. The SMILES string of the molecule is CCC(C)c1cccc(C(C)(OCOCCOC)C(F)(F)F)c1. The van der Waals surface area contributed by atoms with Crippen molar-refractivity contribution in [2.45, 2.75) is 44.9 Å². The van der Waals surface area contributed by atoms with Crippen LogP contribution in [0.2, 0.25) is 0 Å². The number of ether oxygens (including phenoxy) is 3. The van der Waals surface area contributed by atoms with E-state index < -0.39 is 18.6 Å². The fourth-order valence-corrected chi connectivity index (χ4v) is 2.07. The van der Waals surface area contributed by atoms with Crippen molar-refractivity contribution in [3.8, 4) is 0 Å². The van der Waals surface area contributed by atoms with Gasteiger partial charge in [-0.05, 0) is 30.4 Å². The van der Waals surface area contributed by atoms with Crippen molar-refractivity contribution in [2.24, 2.45) is 0 Å². The zero-order chi connectivity index (χ0) is 17.5. The van der Waals surface area contributed by atoms with Crippen LogP contribution in [0.3, 0.4) is 0 Å². The van der Waals surface area contributed by atoms with Crippen LogP contribution in [0, 0.1) is 0 Å². The van der Waals surface area contributed by atoms with Crippen molar-refractivity contribution in [1.82, 2.24) is 0 Å². The number of methoxy groups -OCH3 is 1. The number of benzene rings is 1. The average molecular weight is 334 g/mol. The van der Waals surface area contributed by atoms with E-state index in [4.69, 9.17) is 14.2 Å². The Bertz CT molecular complexity index is 476. The number of halogens is 3. The molecule has 0 spiro atoms. The van der Waals surface area contributed by atoms with Crippen LogP contribution in [-0.2, 0) is 19.8 Å². The third kappa shape index (κ3) is 5.19. The molecule has 0 bridgehead atoms. The Hall–Kier alpha value is -1.11. The number of rotatable bonds is 9. The zero-order valence-electron chi connectivity index (χ0n) is 14.1. The van der Waals surface area contributed by atoms with E-state index in [9.17, 15) is 13.2 Å². The molecule has 0 heterocycles. The molecule has 23 heavy (non-hydrogen) atoms. The highest BCUT2D eigenvalue weighted by Gasteiger charge is 2.54. The second-order valence-corrected chi connectivity index (χ2v) is 5.63. The summed E-state index contributed by atoms with van der Waals surface area (Å²) in [4.78, 5) is 0. The molecule has 0 radical (unpaired) electrons. The van der Waals surface area contributed by atoms with Gasteiger partial charge >= 0.3 is 6.18 Å². The zero-order valence-corrected chi connectivity index (χ0v) is 14.1. The summed E-state index contributed by atoms with van der Waals surface area (Å²) in [5, 5.41) is 0. The van der Waals surface area contributed by atoms with Gasteiger partial charge in [0.1, 0.15) is 6.79 Å². The lowest BCUT2D eigenvalue weighted by molar-refractivity contribution is -0.299. The summed E-state index contributed by atoms with van der Waals surface area (Å²) in [7, 11) is 1.49. The quantitative estimate of drug-likeness (QED) is 0.487. The van der Waals surface area contributed by atoms with Crippen LogP contribution in [0.25, 0.3) is 0 Å². The number of hydrogen-bond donors (Lipinski definition) is 0. The molecule has 1 aromatic rings. The Labute approximate surface area is 135 Å². The summed E-state index contributed by atoms with van der Waals surface area (Å²) in [6.45, 7) is 5.04. The molecular weight excluding hydrogens is 309 g/mol. The van der Waals surface area contributed by atoms with E-state index in [0.717, 1.165) is 18.9 Å². The molecule has 0 N–H and O–H groups in total. The Balaban J connectivity index is 2.97. The molecule has 1 rings (SSSR count). The molecule has 0 saturated carbocycles. The standard InChI is InChI=1S/C17H25F3O3/c1-5-13(2)14-7-6-8-15(11-14)16(3,17(18,19)20)23-12-22-10-9-21-4/h6-8,11,13H,5,9-10,12H2,1-4H3. The van der Waals surface area contributed by atoms with Crippen molar-refractivity contribution < 1.29 is 27.4 Å². The van der Waals surface area contributed by atoms with Gasteiger partial charge in [0.2, 0.25) is 0 Å². The molecule has 6 heteroatoms. The Kier molecular flexibility index (Phi) is 7.51. The molecule has 3 nitrogen and oxygen atoms in total. The predicted octanol–water partition coefficient (Wildman–Crippen LogP) is 4.61. The van der Waals surface area contributed by atoms with Crippen LogP contribution in [0.4, 0.5) is 13.2 Å². The normalized spacial score (nSPS) is 16.1. The first kappa shape index (κ1) is 19.9. The van der Waals surface area contributed by atoms with Gasteiger partial charge in [0, 0.05) is 7.11 Å². The van der Waals surface area contributed by atoms with Crippen molar-refractivity contribution in [2.75, 3.05) is 27.1 Å². The summed E-state index contributed by atoms with van der Waals surface area (Å²) >= 11 is 0. The van der Waals surface area contributed by atoms with Crippen LogP contribution in [0.15, 0.2) is 24.3 Å². The lowest BCUT2D eigenvalue weighted by Crippen LogP contribution is -2.42. The van der Waals surface area contributed by atoms with E-state index in [1.165, 1.54) is 13.2 Å². The van der Waals surface area contributed by atoms with Crippen LogP contribution < -0.4 is 0 Å². The van der Waals surface area contributed by atoms with Gasteiger partial charge in [-0.15, -0.1) is 0 Å². The van der Waals surface area contributed by atoms with Crippen molar-refractivity contribution in [3.63, 3.8) is 0 Å². The van der Waals surface area contributed by atoms with Crippen LogP contribution >= 0.6 is 0 Å². The summed E-state index contributed by atoms with van der Waals surface area (Å²) in [5.41, 5.74) is -1.47. The molecule has 2 atom stereocenters. The molecule has 0 aliphatic carbocycles. The summed E-state index contributed by atoms with van der Waals surface area (Å²) < 4.78 is 55.6. The van der Waals surface area contributed by atoms with Gasteiger partial charge in [-0.3, -0.25) is 0 Å². The van der Waals surface area contributed by atoms with E-state index in [0.29, 0.717) is 6.61 Å². The molecule has 0 saturated heterocycles. The van der Waals surface area contributed by atoms with Gasteiger partial charge in [0.15, 0.2) is 5.60 Å². The van der Waals surface area contributed by atoms with Crippen LogP contribution in [-0.4, -0.2) is 33.3 Å². The molecular formula is C17H25F3O3. The van der Waals surface area contributed by atoms with Crippen molar-refractivity contribution >= 4 is 0 Å². The smallest absolute Gasteiger partial charge is 0.382 e. The maximum Gasteiger partial charge on any atom is 0.421 e. The van der Waals surface area contributed by atoms with Gasteiger partial charge < -0.3 is 14.2 Å². The molecule has 2 unspecified atom stereocenters. The predicted molar refractivity (Wildman–Crippen MR) is 82.3 cm³/mol. The summed E-state index contributed by atoms with van der Waals surface area (Å²) in [6, 6.07) is 6.48. The average Bonchev–Trinajstić information content (AvgIpc) is 2.52. The van der Waals surface area contributed by atoms with E-state index in [1.54, 1.807) is 12.1 Å². The van der Waals surface area contributed by atoms with E-state index in [1.807, 2.05) is 19.9 Å². The van der Waals surface area contributed by atoms with Gasteiger partial charge in [-0.1, -0.05) is 38.1 Å². The molecule has 0 fully saturated rings. The second-order valence-electron chi connectivity index (χ2n) is 5.63. The lowest BCUT2D eigenvalue weighted by Gasteiger charge is -2.33. The first-order valence-corrected chi connectivity index (χ1v) is 7.64. The monoisotopic (exact) mass is 334 g/mol. The minimum atomic E-state index is -4.55. The summed E-state index contributed by atoms with van der Waals surface area (Å²) in [5.74, 6) is 0.186. The molecule has 1 aromatic carbocycles. The number of alkyl halides is 3. The topological polar surface area (TPSA) is 27.7 Å². The van der Waals surface area contributed by atoms with E-state index in [-0.39, 0.29) is 18.1 Å². The van der Waals surface area contributed by atoms with Gasteiger partial charge in [-0.2, -0.15) is 13.2 Å². The van der Waals surface area contributed by atoms with E-state index >= 15 is 0 Å². The highest BCUT2D eigenvalue weighted by Crippen LogP contribution is 2.42. The van der Waals surface area contributed by atoms with E-state index in [2.05, 4.69) is 0 Å². The highest BCUT2D eigenvalue weighted by atomic mass is 19.4. The molecule has 0 aliphatic rings. The minimum absolute atomic E-state index is 0.0816. The molecule has 0 amide bonds. The maximum atomic E-state index is 13.6. The molecule has 0 aromatic heterocycles. The third-order valence-corrected chi connectivity index (χ3v) is 4.02. The third-order valence-electron chi connectivity index (χ3n) is 4.02. The maximum absolute atomic E-state index is 13.6. The Morgan fingerprint density at radius 3 is 2.43 bits per heavy atom. The van der Waals surface area contributed by atoms with Gasteiger partial charge in [0.25, 0.3) is 0 Å². The largest absolute Gasteiger partial charge is 0.421 e. The lowest BCUT2D eigenvalue weighted by atomic mass is 9.89. The van der Waals surface area contributed by atoms with Gasteiger partial charge in [0.05, 0.1) is 13.2 Å². The number of hydrogen-bond acceptors (Lipinski definition) is 3. The fourth-order valence-electron chi connectivity index (χ4n) is 2.07. The van der Waals surface area contributed by atoms with Gasteiger partial charge in [-0.25, -0.2) is 0 Å². The first-order chi connectivity index (χ1) is 10.8. The summed E-state index contributed by atoms with van der Waals surface area (Å²) in [6.07, 6.45) is -3.70.